The fourth-order valence-electron chi connectivity index (χ4n) is 5.72. The quantitative estimate of drug-likeness (QED) is 0.0418. The molecule has 0 amide bonds. The van der Waals surface area contributed by atoms with Crippen LogP contribution in [0.15, 0.2) is 18.2 Å². The van der Waals surface area contributed by atoms with Gasteiger partial charge in [0.2, 0.25) is 0 Å². The lowest BCUT2D eigenvalue weighted by atomic mass is 10.1. The van der Waals surface area contributed by atoms with E-state index in [1.165, 1.54) is 55.2 Å². The molecule has 12 nitrogen and oxygen atoms in total. The molecule has 0 heterocycles. The molecule has 0 unspecified atom stereocenters. The lowest BCUT2D eigenvalue weighted by Gasteiger charge is -2.11. The van der Waals surface area contributed by atoms with E-state index in [0.29, 0.717) is 19.3 Å². The van der Waals surface area contributed by atoms with Gasteiger partial charge in [0.05, 0.1) is 19.8 Å². The summed E-state index contributed by atoms with van der Waals surface area (Å²) in [4.78, 5) is 0. The first kappa shape index (κ1) is 51.9. The third-order valence-electron chi connectivity index (χ3n) is 8.41. The van der Waals surface area contributed by atoms with Crippen LogP contribution >= 0.6 is 35.3 Å². The molecule has 0 saturated carbocycles. The van der Waals surface area contributed by atoms with E-state index in [1.54, 1.807) is 0 Å². The van der Waals surface area contributed by atoms with Crippen LogP contribution in [0.2, 0.25) is 0 Å². The van der Waals surface area contributed by atoms with Crippen molar-refractivity contribution in [3.8, 4) is 0 Å². The van der Waals surface area contributed by atoms with E-state index in [4.69, 9.17) is 13.7 Å². The Morgan fingerprint density at radius 2 is 0.556 bits per heavy atom. The highest BCUT2D eigenvalue weighted by Crippen LogP contribution is 2.25. The fraction of sp³-hybridized carbons (Fsp3) is 0.833. The first-order chi connectivity index (χ1) is 25.7. The number of rotatable bonds is 39. The molecule has 1 aromatic rings. The van der Waals surface area contributed by atoms with Gasteiger partial charge in [-0.25, -0.2) is 12.5 Å². The van der Waals surface area contributed by atoms with E-state index in [1.807, 2.05) is 35.3 Å². The van der Waals surface area contributed by atoms with Gasteiger partial charge in [-0.2, -0.15) is 60.5 Å². The maximum absolute atomic E-state index is 10.6. The van der Waals surface area contributed by atoms with Gasteiger partial charge in [-0.1, -0.05) is 115 Å². The summed E-state index contributed by atoms with van der Waals surface area (Å²) < 4.78 is 102. The Labute approximate surface area is 340 Å². The van der Waals surface area contributed by atoms with E-state index in [0.717, 1.165) is 112 Å². The standard InChI is InChI=1S/C36H66O12S6/c37-52(38,39)46-22-16-10-4-1-7-13-19-25-49-31-34-28-35(32-50-26-20-14-8-2-5-11-17-23-47-53(40,41)42)30-36(29-34)33-51-27-21-15-9-3-6-12-18-24-48-54(43,44)45/h28-30H,1-27,31-33H2,(H,37,38,39)(H,40,41,42)(H,43,44,45). The highest BCUT2D eigenvalue weighted by molar-refractivity contribution is 7.99. The molecule has 318 valence electrons. The summed E-state index contributed by atoms with van der Waals surface area (Å²) in [6, 6.07) is 7.13. The normalized spacial score (nSPS) is 12.5. The molecule has 0 aliphatic carbocycles. The second kappa shape index (κ2) is 32.8. The Morgan fingerprint density at radius 1 is 0.352 bits per heavy atom. The van der Waals surface area contributed by atoms with Crippen molar-refractivity contribution < 1.29 is 51.5 Å². The molecule has 1 rings (SSSR count). The number of benzene rings is 1. The molecular weight excluding hydrogens is 817 g/mol. The Balaban J connectivity index is 2.35. The molecule has 0 radical (unpaired) electrons. The summed E-state index contributed by atoms with van der Waals surface area (Å²) >= 11 is 5.98. The Kier molecular flexibility index (Phi) is 31.5. The van der Waals surface area contributed by atoms with Crippen LogP contribution in [0.1, 0.15) is 152 Å². The van der Waals surface area contributed by atoms with Gasteiger partial charge in [0.15, 0.2) is 0 Å². The molecule has 0 aliphatic heterocycles. The van der Waals surface area contributed by atoms with Crippen molar-refractivity contribution in [2.24, 2.45) is 0 Å². The van der Waals surface area contributed by atoms with Crippen LogP contribution < -0.4 is 0 Å². The molecule has 54 heavy (non-hydrogen) atoms. The average Bonchev–Trinajstić information content (AvgIpc) is 3.08. The van der Waals surface area contributed by atoms with Gasteiger partial charge >= 0.3 is 31.2 Å². The number of hydrogen-bond donors (Lipinski definition) is 3. The van der Waals surface area contributed by atoms with Gasteiger partial charge in [0.25, 0.3) is 0 Å². The van der Waals surface area contributed by atoms with Gasteiger partial charge < -0.3 is 0 Å². The third kappa shape index (κ3) is 37.5. The molecule has 0 bridgehead atoms. The topological polar surface area (TPSA) is 191 Å². The molecule has 0 spiro atoms. The lowest BCUT2D eigenvalue weighted by molar-refractivity contribution is 0.260. The minimum absolute atomic E-state index is 0.0353. The lowest BCUT2D eigenvalue weighted by Crippen LogP contribution is -2.04. The van der Waals surface area contributed by atoms with Crippen LogP contribution in [0.4, 0.5) is 0 Å². The number of hydrogen-bond acceptors (Lipinski definition) is 12. The summed E-state index contributed by atoms with van der Waals surface area (Å²) in [6.07, 6.45) is 21.6. The summed E-state index contributed by atoms with van der Waals surface area (Å²) in [5.74, 6) is 6.40. The monoisotopic (exact) mass is 882 g/mol. The van der Waals surface area contributed by atoms with Crippen LogP contribution in [-0.4, -0.2) is 76.0 Å². The molecule has 0 saturated heterocycles. The van der Waals surface area contributed by atoms with Crippen LogP contribution in [0, 0.1) is 0 Å². The molecule has 18 heteroatoms. The second-order valence-electron chi connectivity index (χ2n) is 13.5. The fourth-order valence-corrected chi connectivity index (χ4v) is 9.57. The van der Waals surface area contributed by atoms with E-state index in [-0.39, 0.29) is 19.8 Å². The van der Waals surface area contributed by atoms with E-state index in [2.05, 4.69) is 30.7 Å². The number of unbranched alkanes of at least 4 members (excludes halogenated alkanes) is 18. The summed E-state index contributed by atoms with van der Waals surface area (Å²) in [5, 5.41) is 0. The zero-order chi connectivity index (χ0) is 39.8. The van der Waals surface area contributed by atoms with Gasteiger partial charge in [-0.15, -0.1) is 0 Å². The summed E-state index contributed by atoms with van der Waals surface area (Å²) in [6.45, 7) is 0.106. The molecule has 0 atom stereocenters. The van der Waals surface area contributed by atoms with Crippen LogP contribution in [-0.2, 0) is 61.0 Å². The minimum Gasteiger partial charge on any atom is -0.264 e. The van der Waals surface area contributed by atoms with Crippen molar-refractivity contribution in [2.75, 3.05) is 37.1 Å². The molecule has 0 aromatic heterocycles. The predicted molar refractivity (Wildman–Crippen MR) is 224 cm³/mol. The first-order valence-electron chi connectivity index (χ1n) is 19.4. The average molecular weight is 883 g/mol. The van der Waals surface area contributed by atoms with Gasteiger partial charge in [-0.3, -0.25) is 13.7 Å². The van der Waals surface area contributed by atoms with Crippen molar-refractivity contribution in [3.63, 3.8) is 0 Å². The third-order valence-corrected chi connectivity index (χ3v) is 13.2. The predicted octanol–water partition coefficient (Wildman–Crippen LogP) is 10.0. The second-order valence-corrected chi connectivity index (χ2v) is 20.1. The van der Waals surface area contributed by atoms with Crippen molar-refractivity contribution >= 4 is 66.5 Å². The van der Waals surface area contributed by atoms with Crippen LogP contribution in [0.25, 0.3) is 0 Å². The van der Waals surface area contributed by atoms with Crippen LogP contribution in [0.5, 0.6) is 0 Å². The van der Waals surface area contributed by atoms with Crippen LogP contribution in [0.3, 0.4) is 0 Å². The first-order valence-corrected chi connectivity index (χ1v) is 27.0. The minimum atomic E-state index is -4.33. The van der Waals surface area contributed by atoms with Crippen molar-refractivity contribution in [3.05, 3.63) is 34.9 Å². The molecule has 0 aliphatic rings. The maximum Gasteiger partial charge on any atom is 0.397 e. The Hall–Kier alpha value is -0.120. The largest absolute Gasteiger partial charge is 0.397 e. The smallest absolute Gasteiger partial charge is 0.264 e. The van der Waals surface area contributed by atoms with E-state index >= 15 is 0 Å². The highest BCUT2D eigenvalue weighted by Gasteiger charge is 2.07. The number of thioether (sulfide) groups is 3. The molecule has 0 fully saturated rings. The van der Waals surface area contributed by atoms with Gasteiger partial charge in [-0.05, 0) is 72.5 Å². The summed E-state index contributed by atoms with van der Waals surface area (Å²) in [7, 11) is -13.0. The Morgan fingerprint density at radius 3 is 0.778 bits per heavy atom. The van der Waals surface area contributed by atoms with Gasteiger partial charge in [0.1, 0.15) is 0 Å². The molecule has 1 aromatic carbocycles. The van der Waals surface area contributed by atoms with Crippen molar-refractivity contribution in [1.82, 2.24) is 0 Å². The van der Waals surface area contributed by atoms with Crippen molar-refractivity contribution in [1.29, 1.82) is 0 Å². The van der Waals surface area contributed by atoms with Crippen molar-refractivity contribution in [2.45, 2.75) is 152 Å². The summed E-state index contributed by atoms with van der Waals surface area (Å²) in [5.41, 5.74) is 4.18. The van der Waals surface area contributed by atoms with E-state index < -0.39 is 31.2 Å². The zero-order valence-electron chi connectivity index (χ0n) is 31.9. The Bertz CT molecular complexity index is 1210. The van der Waals surface area contributed by atoms with Gasteiger partial charge in [0, 0.05) is 17.3 Å². The molecule has 3 N–H and O–H groups in total. The maximum atomic E-state index is 10.6. The highest BCUT2D eigenvalue weighted by atomic mass is 32.3. The van der Waals surface area contributed by atoms with E-state index in [9.17, 15) is 25.3 Å². The molecular formula is C36H66O12S6. The SMILES string of the molecule is O=S(=O)(O)OCCCCCCCCCSCc1cc(CSCCCCCCCCCOS(=O)(=O)O)cc(CSCCCCCCCCCOS(=O)(=O)O)c1. The zero-order valence-corrected chi connectivity index (χ0v) is 36.8.